The van der Waals surface area contributed by atoms with Gasteiger partial charge in [-0.1, -0.05) is 0 Å². The van der Waals surface area contributed by atoms with E-state index in [1.54, 1.807) is 24.7 Å². The Morgan fingerprint density at radius 3 is 2.78 bits per heavy atom. The zero-order chi connectivity index (χ0) is 13.1. The maximum Gasteiger partial charge on any atom is 0.292 e. The predicted octanol–water partition coefficient (Wildman–Crippen LogP) is 2.41. The molecule has 0 spiro atoms. The maximum atomic E-state index is 10.7. The molecule has 1 heterocycles. The summed E-state index contributed by atoms with van der Waals surface area (Å²) in [5.41, 5.74) is 7.58. The molecule has 2 rings (SSSR count). The molecule has 0 aliphatic rings. The first-order valence-electron chi connectivity index (χ1n) is 5.34. The van der Waals surface area contributed by atoms with E-state index < -0.39 is 4.92 Å². The molecule has 0 aliphatic heterocycles. The van der Waals surface area contributed by atoms with Gasteiger partial charge in [0.1, 0.15) is 5.69 Å². The van der Waals surface area contributed by atoms with E-state index in [0.717, 1.165) is 11.3 Å². The summed E-state index contributed by atoms with van der Waals surface area (Å²) in [6.45, 7) is 0.647. The fraction of sp³-hybridized carbons (Fsp3) is 0.167. The lowest BCUT2D eigenvalue weighted by Gasteiger charge is -2.18. The Bertz CT molecular complexity index is 552. The average molecular weight is 247 g/mol. The molecule has 0 fully saturated rings. The van der Waals surface area contributed by atoms with Crippen molar-refractivity contribution in [3.8, 4) is 0 Å². The molecule has 0 unspecified atom stereocenters. The van der Waals surface area contributed by atoms with Gasteiger partial charge in [0.05, 0.1) is 17.4 Å². The highest BCUT2D eigenvalue weighted by Crippen LogP contribution is 2.27. The van der Waals surface area contributed by atoms with Crippen LogP contribution in [0.3, 0.4) is 0 Å². The minimum absolute atomic E-state index is 0.0736. The molecule has 2 aromatic rings. The van der Waals surface area contributed by atoms with Crippen molar-refractivity contribution in [2.75, 3.05) is 17.7 Å². The first-order chi connectivity index (χ1) is 8.58. The number of nitrogens with zero attached hydrogens (tertiary/aromatic N) is 2. The normalized spacial score (nSPS) is 10.3. The molecular formula is C12H13N3O3. The summed E-state index contributed by atoms with van der Waals surface area (Å²) in [5, 5.41) is 10.7. The van der Waals surface area contributed by atoms with Gasteiger partial charge < -0.3 is 15.1 Å². The second-order valence-corrected chi connectivity index (χ2v) is 3.99. The van der Waals surface area contributed by atoms with E-state index in [1.165, 1.54) is 6.07 Å². The second-order valence-electron chi connectivity index (χ2n) is 3.99. The van der Waals surface area contributed by atoms with Gasteiger partial charge in [0.2, 0.25) is 0 Å². The van der Waals surface area contributed by atoms with Gasteiger partial charge in [-0.2, -0.15) is 0 Å². The van der Waals surface area contributed by atoms with Crippen molar-refractivity contribution in [2.24, 2.45) is 0 Å². The summed E-state index contributed by atoms with van der Waals surface area (Å²) in [5.74, 6) is 0. The molecule has 1 aromatic carbocycles. The molecule has 2 N–H and O–H groups in total. The summed E-state index contributed by atoms with van der Waals surface area (Å²) < 4.78 is 4.98. The number of nitro groups is 1. The van der Waals surface area contributed by atoms with Crippen LogP contribution in [-0.4, -0.2) is 12.0 Å². The highest BCUT2D eigenvalue weighted by atomic mass is 16.6. The molecule has 0 atom stereocenters. The molecule has 1 aromatic heterocycles. The van der Waals surface area contributed by atoms with E-state index >= 15 is 0 Å². The average Bonchev–Trinajstić information content (AvgIpc) is 2.81. The molecule has 0 radical (unpaired) electrons. The molecule has 6 nitrogen and oxygen atoms in total. The number of furan rings is 1. The van der Waals surface area contributed by atoms with Crippen LogP contribution in [0.2, 0.25) is 0 Å². The summed E-state index contributed by atoms with van der Waals surface area (Å²) in [7, 11) is 1.88. The van der Waals surface area contributed by atoms with Crippen molar-refractivity contribution in [3.63, 3.8) is 0 Å². The third-order valence-electron chi connectivity index (χ3n) is 2.65. The number of anilines is 2. The Kier molecular flexibility index (Phi) is 3.18. The molecule has 18 heavy (non-hydrogen) atoms. The van der Waals surface area contributed by atoms with Gasteiger partial charge >= 0.3 is 0 Å². The Morgan fingerprint density at radius 2 is 2.22 bits per heavy atom. The van der Waals surface area contributed by atoms with Gasteiger partial charge in [-0.3, -0.25) is 10.1 Å². The van der Waals surface area contributed by atoms with Gasteiger partial charge in [-0.05, 0) is 18.2 Å². The number of benzene rings is 1. The van der Waals surface area contributed by atoms with Crippen LogP contribution in [0, 0.1) is 10.1 Å². The van der Waals surface area contributed by atoms with Crippen LogP contribution >= 0.6 is 0 Å². The quantitative estimate of drug-likeness (QED) is 0.509. The van der Waals surface area contributed by atoms with Crippen LogP contribution in [0.4, 0.5) is 17.1 Å². The van der Waals surface area contributed by atoms with Crippen molar-refractivity contribution in [3.05, 3.63) is 52.5 Å². The van der Waals surface area contributed by atoms with Crippen LogP contribution in [0.5, 0.6) is 0 Å². The largest absolute Gasteiger partial charge is 0.472 e. The van der Waals surface area contributed by atoms with E-state index in [1.807, 2.05) is 18.0 Å². The van der Waals surface area contributed by atoms with Gasteiger partial charge in [-0.25, -0.2) is 0 Å². The molecule has 0 saturated carbocycles. The lowest BCUT2D eigenvalue weighted by molar-refractivity contribution is -0.383. The van der Waals surface area contributed by atoms with E-state index in [2.05, 4.69) is 0 Å². The van der Waals surface area contributed by atoms with Crippen molar-refractivity contribution >= 4 is 17.1 Å². The summed E-state index contributed by atoms with van der Waals surface area (Å²) >= 11 is 0. The van der Waals surface area contributed by atoms with Crippen molar-refractivity contribution in [2.45, 2.75) is 6.54 Å². The molecule has 6 heteroatoms. The lowest BCUT2D eigenvalue weighted by Crippen LogP contribution is -2.16. The highest BCUT2D eigenvalue weighted by Gasteiger charge is 2.13. The number of hydrogen-bond donors (Lipinski definition) is 1. The number of nitrogens with two attached hydrogens (primary N) is 1. The Hall–Kier alpha value is -2.50. The van der Waals surface area contributed by atoms with Gasteiger partial charge in [0, 0.05) is 30.9 Å². The van der Waals surface area contributed by atoms with E-state index in [-0.39, 0.29) is 11.4 Å². The first-order valence-corrected chi connectivity index (χ1v) is 5.34. The van der Waals surface area contributed by atoms with Gasteiger partial charge in [-0.15, -0.1) is 0 Å². The number of hydrogen-bond acceptors (Lipinski definition) is 5. The fourth-order valence-corrected chi connectivity index (χ4v) is 1.69. The zero-order valence-corrected chi connectivity index (χ0v) is 9.87. The molecule has 0 amide bonds. The molecule has 0 bridgehead atoms. The third-order valence-corrected chi connectivity index (χ3v) is 2.65. The number of nitro benzene ring substituents is 1. The molecule has 0 saturated heterocycles. The summed E-state index contributed by atoms with van der Waals surface area (Å²) in [6, 6.07) is 6.55. The van der Waals surface area contributed by atoms with Crippen LogP contribution in [0.25, 0.3) is 0 Å². The van der Waals surface area contributed by atoms with Crippen LogP contribution in [-0.2, 0) is 6.54 Å². The van der Waals surface area contributed by atoms with Gasteiger partial charge in [0.25, 0.3) is 5.69 Å². The standard InChI is InChI=1S/C12H13N3O3/c1-14(7-9-4-5-18-8-9)10-2-3-12(15(16)17)11(13)6-10/h2-6,8H,7,13H2,1H3. The molecule has 0 aliphatic carbocycles. The number of nitrogen functional groups attached to an aromatic ring is 1. The summed E-state index contributed by atoms with van der Waals surface area (Å²) in [4.78, 5) is 12.1. The molecule has 94 valence electrons. The summed E-state index contributed by atoms with van der Waals surface area (Å²) in [6.07, 6.45) is 3.26. The minimum atomic E-state index is -0.491. The van der Waals surface area contributed by atoms with Crippen LogP contribution in [0.15, 0.2) is 41.2 Å². The second kappa shape index (κ2) is 4.79. The van der Waals surface area contributed by atoms with Crippen LogP contribution in [0.1, 0.15) is 5.56 Å². The Morgan fingerprint density at radius 1 is 1.44 bits per heavy atom. The molecular weight excluding hydrogens is 234 g/mol. The third kappa shape index (κ3) is 2.42. The SMILES string of the molecule is CN(Cc1ccoc1)c1ccc([N+](=O)[O-])c(N)c1. The Labute approximate surface area is 104 Å². The lowest BCUT2D eigenvalue weighted by atomic mass is 10.2. The zero-order valence-electron chi connectivity index (χ0n) is 9.87. The number of rotatable bonds is 4. The maximum absolute atomic E-state index is 10.7. The predicted molar refractivity (Wildman–Crippen MR) is 68.3 cm³/mol. The van der Waals surface area contributed by atoms with Crippen LogP contribution < -0.4 is 10.6 Å². The van der Waals surface area contributed by atoms with E-state index in [0.29, 0.717) is 6.54 Å². The topological polar surface area (TPSA) is 85.5 Å². The highest BCUT2D eigenvalue weighted by molar-refractivity contribution is 5.66. The fourth-order valence-electron chi connectivity index (χ4n) is 1.69. The van der Waals surface area contributed by atoms with Crippen molar-refractivity contribution in [1.82, 2.24) is 0 Å². The Balaban J connectivity index is 2.18. The monoisotopic (exact) mass is 247 g/mol. The van der Waals surface area contributed by atoms with Crippen molar-refractivity contribution in [1.29, 1.82) is 0 Å². The smallest absolute Gasteiger partial charge is 0.292 e. The minimum Gasteiger partial charge on any atom is -0.472 e. The van der Waals surface area contributed by atoms with E-state index in [4.69, 9.17) is 10.2 Å². The van der Waals surface area contributed by atoms with Gasteiger partial charge in [0.15, 0.2) is 0 Å². The first kappa shape index (κ1) is 12.0. The van der Waals surface area contributed by atoms with Crippen molar-refractivity contribution < 1.29 is 9.34 Å². The van der Waals surface area contributed by atoms with E-state index in [9.17, 15) is 10.1 Å².